The maximum atomic E-state index is 12.5. The van der Waals surface area contributed by atoms with Crippen molar-refractivity contribution in [2.75, 3.05) is 0 Å². The SMILES string of the molecule is NC(=O)C(Br)Cc1ccc([18F])cc1. The molecule has 1 aromatic rings. The van der Waals surface area contributed by atoms with E-state index in [0.717, 1.165) is 5.56 Å². The third-order valence-electron chi connectivity index (χ3n) is 1.64. The summed E-state index contributed by atoms with van der Waals surface area (Å²) in [5, 5.41) is 0. The number of alkyl halides is 1. The van der Waals surface area contributed by atoms with Crippen LogP contribution in [0, 0.1) is 5.82 Å². The van der Waals surface area contributed by atoms with Crippen LogP contribution in [0.2, 0.25) is 0 Å². The molecule has 13 heavy (non-hydrogen) atoms. The van der Waals surface area contributed by atoms with Gasteiger partial charge in [-0.3, -0.25) is 4.79 Å². The Morgan fingerprint density at radius 1 is 1.46 bits per heavy atom. The molecule has 1 amide bonds. The van der Waals surface area contributed by atoms with Crippen molar-refractivity contribution in [2.24, 2.45) is 5.73 Å². The summed E-state index contributed by atoms with van der Waals surface area (Å²) in [5.41, 5.74) is 5.93. The molecule has 2 nitrogen and oxygen atoms in total. The maximum Gasteiger partial charge on any atom is 0.231 e. The van der Waals surface area contributed by atoms with Crippen LogP contribution in [0.1, 0.15) is 5.56 Å². The lowest BCUT2D eigenvalue weighted by Crippen LogP contribution is -2.24. The standard InChI is InChI=1S/C9H9BrFNO/c10-8(9(12)13)5-6-1-3-7(11)4-2-6/h1-4,8H,5H2,(H2,12,13)/i11-1. The Morgan fingerprint density at radius 2 is 2.00 bits per heavy atom. The van der Waals surface area contributed by atoms with Gasteiger partial charge < -0.3 is 5.73 Å². The van der Waals surface area contributed by atoms with Gasteiger partial charge in [0.1, 0.15) is 5.82 Å². The third-order valence-corrected chi connectivity index (χ3v) is 2.41. The molecule has 1 rings (SSSR count). The molecule has 1 unspecified atom stereocenters. The highest BCUT2D eigenvalue weighted by Crippen LogP contribution is 2.10. The van der Waals surface area contributed by atoms with Gasteiger partial charge in [-0.05, 0) is 24.1 Å². The predicted octanol–water partition coefficient (Wildman–Crippen LogP) is 1.62. The van der Waals surface area contributed by atoms with Gasteiger partial charge in [0.25, 0.3) is 0 Å². The van der Waals surface area contributed by atoms with Gasteiger partial charge in [0.15, 0.2) is 0 Å². The van der Waals surface area contributed by atoms with E-state index in [9.17, 15) is 9.18 Å². The van der Waals surface area contributed by atoms with Crippen LogP contribution in [-0.2, 0) is 11.2 Å². The van der Waals surface area contributed by atoms with E-state index >= 15 is 0 Å². The number of nitrogens with two attached hydrogens (primary N) is 1. The van der Waals surface area contributed by atoms with Gasteiger partial charge in [-0.15, -0.1) is 0 Å². The van der Waals surface area contributed by atoms with Crippen molar-refractivity contribution in [2.45, 2.75) is 11.2 Å². The molecule has 0 aliphatic rings. The summed E-state index contributed by atoms with van der Waals surface area (Å²) in [6.07, 6.45) is 0.482. The van der Waals surface area contributed by atoms with E-state index in [4.69, 9.17) is 5.73 Å². The fourth-order valence-electron chi connectivity index (χ4n) is 0.928. The summed E-state index contributed by atoms with van der Waals surface area (Å²) >= 11 is 3.13. The molecule has 0 heterocycles. The predicted molar refractivity (Wildman–Crippen MR) is 52.0 cm³/mol. The maximum absolute atomic E-state index is 12.5. The monoisotopic (exact) mass is 244 g/mol. The number of rotatable bonds is 3. The summed E-state index contributed by atoms with van der Waals surface area (Å²) in [5.74, 6) is -0.696. The Hall–Kier alpha value is -0.900. The molecule has 0 aromatic heterocycles. The Bertz CT molecular complexity index is 299. The highest BCUT2D eigenvalue weighted by atomic mass is 79.9. The van der Waals surface area contributed by atoms with Crippen LogP contribution in [0.25, 0.3) is 0 Å². The summed E-state index contributed by atoms with van der Waals surface area (Å²) in [6.45, 7) is 0. The molecule has 0 spiro atoms. The van der Waals surface area contributed by atoms with Crippen LogP contribution in [0.3, 0.4) is 0 Å². The molecular formula is C9H9BrFNO. The second kappa shape index (κ2) is 4.37. The third kappa shape index (κ3) is 3.14. The van der Waals surface area contributed by atoms with Gasteiger partial charge in [0.2, 0.25) is 5.91 Å². The van der Waals surface area contributed by atoms with E-state index in [-0.39, 0.29) is 5.82 Å². The number of primary amides is 1. The summed E-state index contributed by atoms with van der Waals surface area (Å²) in [4.78, 5) is 10.3. The normalized spacial score (nSPS) is 12.5. The zero-order valence-corrected chi connectivity index (χ0v) is 8.42. The van der Waals surface area contributed by atoms with Gasteiger partial charge in [-0.1, -0.05) is 28.1 Å². The van der Waals surface area contributed by atoms with E-state index in [2.05, 4.69) is 15.9 Å². The van der Waals surface area contributed by atoms with Crippen molar-refractivity contribution in [3.63, 3.8) is 0 Å². The van der Waals surface area contributed by atoms with Crippen molar-refractivity contribution in [3.8, 4) is 0 Å². The van der Waals surface area contributed by atoms with Crippen molar-refractivity contribution in [1.29, 1.82) is 0 Å². The summed E-state index contributed by atoms with van der Waals surface area (Å²) in [7, 11) is 0. The van der Waals surface area contributed by atoms with E-state index in [1.54, 1.807) is 12.1 Å². The second-order valence-corrected chi connectivity index (χ2v) is 3.81. The largest absolute Gasteiger partial charge is 0.369 e. The highest BCUT2D eigenvalue weighted by Gasteiger charge is 2.10. The Balaban J connectivity index is 2.64. The number of halogens is 2. The molecule has 4 heteroatoms. The first kappa shape index (κ1) is 10.2. The molecule has 1 aromatic carbocycles. The van der Waals surface area contributed by atoms with Crippen LogP contribution in [-0.4, -0.2) is 10.7 Å². The zero-order valence-electron chi connectivity index (χ0n) is 6.84. The van der Waals surface area contributed by atoms with Crippen LogP contribution in [0.5, 0.6) is 0 Å². The molecule has 0 fully saturated rings. The van der Waals surface area contributed by atoms with Gasteiger partial charge in [-0.25, -0.2) is 4.39 Å². The fraction of sp³-hybridized carbons (Fsp3) is 0.222. The minimum absolute atomic E-state index is 0.283. The van der Waals surface area contributed by atoms with Crippen LogP contribution in [0.15, 0.2) is 24.3 Å². The number of hydrogen-bond donors (Lipinski definition) is 1. The van der Waals surface area contributed by atoms with E-state index in [0.29, 0.717) is 6.42 Å². The van der Waals surface area contributed by atoms with E-state index in [1.807, 2.05) is 0 Å². The lowest BCUT2D eigenvalue weighted by atomic mass is 10.1. The average molecular weight is 245 g/mol. The molecule has 0 saturated carbocycles. The average Bonchev–Trinajstić information content (AvgIpc) is 2.08. The van der Waals surface area contributed by atoms with Crippen LogP contribution in [0.4, 0.5) is 4.39 Å². The summed E-state index contributed by atoms with van der Waals surface area (Å²) in [6, 6.07) is 5.98. The van der Waals surface area contributed by atoms with E-state index < -0.39 is 10.7 Å². The van der Waals surface area contributed by atoms with Crippen molar-refractivity contribution >= 4 is 21.8 Å². The first-order valence-electron chi connectivity index (χ1n) is 3.77. The first-order chi connectivity index (χ1) is 6.09. The first-order valence-corrected chi connectivity index (χ1v) is 4.69. The highest BCUT2D eigenvalue weighted by molar-refractivity contribution is 9.10. The second-order valence-electron chi connectivity index (χ2n) is 2.70. The van der Waals surface area contributed by atoms with E-state index in [1.165, 1.54) is 12.1 Å². The molecule has 0 bridgehead atoms. The van der Waals surface area contributed by atoms with Gasteiger partial charge in [0, 0.05) is 0 Å². The quantitative estimate of drug-likeness (QED) is 0.808. The fourth-order valence-corrected chi connectivity index (χ4v) is 1.30. The molecule has 2 N–H and O–H groups in total. The smallest absolute Gasteiger partial charge is 0.231 e. The Kier molecular flexibility index (Phi) is 3.42. The molecule has 0 aliphatic carbocycles. The number of carbonyl (C=O) groups is 1. The van der Waals surface area contributed by atoms with Gasteiger partial charge in [0.05, 0.1) is 4.83 Å². The number of amides is 1. The molecule has 0 aliphatic heterocycles. The molecule has 0 radical (unpaired) electrons. The molecular weight excluding hydrogens is 236 g/mol. The van der Waals surface area contributed by atoms with Crippen LogP contribution < -0.4 is 5.73 Å². The van der Waals surface area contributed by atoms with Gasteiger partial charge >= 0.3 is 0 Å². The number of benzene rings is 1. The number of hydrogen-bond acceptors (Lipinski definition) is 1. The molecule has 1 atom stereocenters. The Labute approximate surface area is 84.1 Å². The lowest BCUT2D eigenvalue weighted by Gasteiger charge is -2.04. The molecule has 0 saturated heterocycles. The minimum Gasteiger partial charge on any atom is -0.369 e. The van der Waals surface area contributed by atoms with Crippen LogP contribution >= 0.6 is 15.9 Å². The Morgan fingerprint density at radius 3 is 2.46 bits per heavy atom. The zero-order chi connectivity index (χ0) is 9.84. The topological polar surface area (TPSA) is 43.1 Å². The van der Waals surface area contributed by atoms with Crippen molar-refractivity contribution in [3.05, 3.63) is 35.6 Å². The van der Waals surface area contributed by atoms with Crippen molar-refractivity contribution < 1.29 is 9.18 Å². The minimum atomic E-state index is -0.413. The van der Waals surface area contributed by atoms with Crippen molar-refractivity contribution in [1.82, 2.24) is 0 Å². The van der Waals surface area contributed by atoms with Gasteiger partial charge in [-0.2, -0.15) is 0 Å². The molecule has 70 valence electrons. The summed E-state index contributed by atoms with van der Waals surface area (Å²) < 4.78 is 12.5. The lowest BCUT2D eigenvalue weighted by molar-refractivity contribution is -0.117. The number of carbonyl (C=O) groups excluding carboxylic acids is 1.